The fraction of sp³-hybridized carbons (Fsp3) is 0.333. The standard InChI is InChI=1S/C15H16BrClN2/c1-9-5-6-10(11(16)7-9)14-18-12(15(2,3)4)8-13(17)19-14/h5-8H,1-4H3. The predicted octanol–water partition coefficient (Wildman–Crippen LogP) is 5.17. The van der Waals surface area contributed by atoms with Crippen molar-refractivity contribution in [3.63, 3.8) is 0 Å². The smallest absolute Gasteiger partial charge is 0.162 e. The Morgan fingerprint density at radius 3 is 2.37 bits per heavy atom. The molecule has 0 saturated heterocycles. The molecule has 1 aromatic heterocycles. The lowest BCUT2D eigenvalue weighted by Crippen LogP contribution is -2.14. The molecule has 1 heterocycles. The van der Waals surface area contributed by atoms with Crippen LogP contribution in [-0.4, -0.2) is 9.97 Å². The van der Waals surface area contributed by atoms with Crippen molar-refractivity contribution in [3.8, 4) is 11.4 Å². The van der Waals surface area contributed by atoms with Crippen molar-refractivity contribution in [1.29, 1.82) is 0 Å². The van der Waals surface area contributed by atoms with Crippen LogP contribution in [0.4, 0.5) is 0 Å². The SMILES string of the molecule is Cc1ccc(-c2nc(Cl)cc(C(C)(C)C)n2)c(Br)c1. The van der Waals surface area contributed by atoms with Crippen molar-refractivity contribution in [3.05, 3.63) is 45.1 Å². The minimum Gasteiger partial charge on any atom is -0.232 e. The number of benzene rings is 1. The summed E-state index contributed by atoms with van der Waals surface area (Å²) in [4.78, 5) is 8.97. The second-order valence-corrected chi connectivity index (χ2v) is 6.87. The van der Waals surface area contributed by atoms with E-state index in [0.29, 0.717) is 11.0 Å². The Kier molecular flexibility index (Phi) is 3.98. The van der Waals surface area contributed by atoms with E-state index in [9.17, 15) is 0 Å². The van der Waals surface area contributed by atoms with Gasteiger partial charge in [-0.3, -0.25) is 0 Å². The van der Waals surface area contributed by atoms with Crippen LogP contribution in [-0.2, 0) is 5.41 Å². The first-order valence-electron chi connectivity index (χ1n) is 6.09. The first kappa shape index (κ1) is 14.5. The summed E-state index contributed by atoms with van der Waals surface area (Å²) in [6.07, 6.45) is 0. The number of hydrogen-bond acceptors (Lipinski definition) is 2. The van der Waals surface area contributed by atoms with E-state index in [2.05, 4.69) is 52.7 Å². The van der Waals surface area contributed by atoms with Crippen LogP contribution in [0.15, 0.2) is 28.7 Å². The Labute approximate surface area is 127 Å². The van der Waals surface area contributed by atoms with Gasteiger partial charge in [0.2, 0.25) is 0 Å². The number of aryl methyl sites for hydroxylation is 1. The predicted molar refractivity (Wildman–Crippen MR) is 83.6 cm³/mol. The molecular weight excluding hydrogens is 324 g/mol. The summed E-state index contributed by atoms with van der Waals surface area (Å²) in [6.45, 7) is 8.38. The summed E-state index contributed by atoms with van der Waals surface area (Å²) in [5.74, 6) is 0.657. The summed E-state index contributed by atoms with van der Waals surface area (Å²) in [5.41, 5.74) is 3.03. The van der Waals surface area contributed by atoms with Crippen molar-refractivity contribution in [1.82, 2.24) is 9.97 Å². The molecule has 0 atom stereocenters. The van der Waals surface area contributed by atoms with Gasteiger partial charge in [-0.15, -0.1) is 0 Å². The average Bonchev–Trinajstić information content (AvgIpc) is 2.26. The third-order valence-electron chi connectivity index (χ3n) is 2.83. The van der Waals surface area contributed by atoms with E-state index in [4.69, 9.17) is 11.6 Å². The second-order valence-electron chi connectivity index (χ2n) is 5.63. The zero-order valence-electron chi connectivity index (χ0n) is 11.5. The van der Waals surface area contributed by atoms with Gasteiger partial charge in [0.15, 0.2) is 5.82 Å². The van der Waals surface area contributed by atoms with Crippen LogP contribution < -0.4 is 0 Å². The summed E-state index contributed by atoms with van der Waals surface area (Å²) in [5, 5.41) is 0.474. The van der Waals surface area contributed by atoms with Crippen LogP contribution in [0.25, 0.3) is 11.4 Å². The van der Waals surface area contributed by atoms with E-state index in [1.165, 1.54) is 5.56 Å². The maximum absolute atomic E-state index is 6.12. The number of hydrogen-bond donors (Lipinski definition) is 0. The molecule has 0 unspecified atom stereocenters. The largest absolute Gasteiger partial charge is 0.232 e. The monoisotopic (exact) mass is 338 g/mol. The van der Waals surface area contributed by atoms with Crippen LogP contribution in [0, 0.1) is 6.92 Å². The molecule has 0 aliphatic carbocycles. The van der Waals surface area contributed by atoms with Crippen LogP contribution in [0.5, 0.6) is 0 Å². The van der Waals surface area contributed by atoms with Crippen LogP contribution in [0.3, 0.4) is 0 Å². The molecular formula is C15H16BrClN2. The molecule has 19 heavy (non-hydrogen) atoms. The number of rotatable bonds is 1. The van der Waals surface area contributed by atoms with Crippen LogP contribution in [0.1, 0.15) is 32.0 Å². The lowest BCUT2D eigenvalue weighted by Gasteiger charge is -2.18. The summed E-state index contributed by atoms with van der Waals surface area (Å²) in [6, 6.07) is 7.93. The van der Waals surface area contributed by atoms with Crippen LogP contribution in [0.2, 0.25) is 5.15 Å². The first-order chi connectivity index (χ1) is 8.77. The van der Waals surface area contributed by atoms with Crippen molar-refractivity contribution < 1.29 is 0 Å². The normalized spacial score (nSPS) is 11.7. The van der Waals surface area contributed by atoms with E-state index >= 15 is 0 Å². The molecule has 1 aromatic carbocycles. The van der Waals surface area contributed by atoms with Gasteiger partial charge in [-0.25, -0.2) is 9.97 Å². The Hall–Kier alpha value is -0.930. The molecule has 0 fully saturated rings. The van der Waals surface area contributed by atoms with Gasteiger partial charge in [-0.1, -0.05) is 54.4 Å². The highest BCUT2D eigenvalue weighted by Gasteiger charge is 2.18. The zero-order chi connectivity index (χ0) is 14.2. The molecule has 2 rings (SSSR count). The molecule has 2 nitrogen and oxygen atoms in total. The molecule has 0 saturated carbocycles. The molecule has 0 N–H and O–H groups in total. The maximum Gasteiger partial charge on any atom is 0.162 e. The topological polar surface area (TPSA) is 25.8 Å². The Morgan fingerprint density at radius 2 is 1.79 bits per heavy atom. The molecule has 0 radical (unpaired) electrons. The Balaban J connectivity index is 2.59. The third kappa shape index (κ3) is 3.34. The van der Waals surface area contributed by atoms with Crippen molar-refractivity contribution in [2.24, 2.45) is 0 Å². The number of aromatic nitrogens is 2. The fourth-order valence-corrected chi connectivity index (χ4v) is 2.58. The lowest BCUT2D eigenvalue weighted by molar-refractivity contribution is 0.568. The highest BCUT2D eigenvalue weighted by atomic mass is 79.9. The van der Waals surface area contributed by atoms with E-state index < -0.39 is 0 Å². The van der Waals surface area contributed by atoms with Gasteiger partial charge in [-0.2, -0.15) is 0 Å². The van der Waals surface area contributed by atoms with E-state index in [1.807, 2.05) is 25.1 Å². The number of nitrogens with zero attached hydrogens (tertiary/aromatic N) is 2. The van der Waals surface area contributed by atoms with Gasteiger partial charge in [0.25, 0.3) is 0 Å². The van der Waals surface area contributed by atoms with Crippen molar-refractivity contribution in [2.45, 2.75) is 33.1 Å². The Morgan fingerprint density at radius 1 is 1.11 bits per heavy atom. The second kappa shape index (κ2) is 5.22. The van der Waals surface area contributed by atoms with Crippen molar-refractivity contribution in [2.75, 3.05) is 0 Å². The van der Waals surface area contributed by atoms with Gasteiger partial charge in [0.1, 0.15) is 5.15 Å². The summed E-state index contributed by atoms with van der Waals surface area (Å²) < 4.78 is 0.981. The van der Waals surface area contributed by atoms with Crippen LogP contribution >= 0.6 is 27.5 Å². The molecule has 100 valence electrons. The zero-order valence-corrected chi connectivity index (χ0v) is 13.8. The molecule has 0 bridgehead atoms. The highest BCUT2D eigenvalue weighted by Crippen LogP contribution is 2.30. The van der Waals surface area contributed by atoms with E-state index in [0.717, 1.165) is 15.7 Å². The molecule has 4 heteroatoms. The quantitative estimate of drug-likeness (QED) is 0.670. The summed E-state index contributed by atoms with van der Waals surface area (Å²) >= 11 is 9.68. The molecule has 0 spiro atoms. The maximum atomic E-state index is 6.12. The highest BCUT2D eigenvalue weighted by molar-refractivity contribution is 9.10. The first-order valence-corrected chi connectivity index (χ1v) is 7.26. The minimum atomic E-state index is -0.0570. The van der Waals surface area contributed by atoms with Gasteiger partial charge in [-0.05, 0) is 30.7 Å². The van der Waals surface area contributed by atoms with Gasteiger partial charge in [0, 0.05) is 15.5 Å². The Bertz CT molecular complexity index is 618. The third-order valence-corrected chi connectivity index (χ3v) is 3.68. The van der Waals surface area contributed by atoms with Gasteiger partial charge < -0.3 is 0 Å². The molecule has 0 aliphatic heterocycles. The fourth-order valence-electron chi connectivity index (χ4n) is 1.72. The van der Waals surface area contributed by atoms with Gasteiger partial charge >= 0.3 is 0 Å². The van der Waals surface area contributed by atoms with Gasteiger partial charge in [0.05, 0.1) is 5.69 Å². The lowest BCUT2D eigenvalue weighted by atomic mass is 9.92. The number of halogens is 2. The molecule has 0 amide bonds. The minimum absolute atomic E-state index is 0.0570. The molecule has 0 aliphatic rings. The van der Waals surface area contributed by atoms with Crippen molar-refractivity contribution >= 4 is 27.5 Å². The average molecular weight is 340 g/mol. The van der Waals surface area contributed by atoms with E-state index in [-0.39, 0.29) is 5.41 Å². The van der Waals surface area contributed by atoms with E-state index in [1.54, 1.807) is 0 Å². The molecule has 2 aromatic rings. The summed E-state index contributed by atoms with van der Waals surface area (Å²) in [7, 11) is 0.